The first-order valence-electron chi connectivity index (χ1n) is 12.9. The van der Waals surface area contributed by atoms with E-state index in [4.69, 9.17) is 4.74 Å². The zero-order valence-electron chi connectivity index (χ0n) is 21.4. The Morgan fingerprint density at radius 3 is 2.03 bits per heavy atom. The molecule has 0 spiro atoms. The number of amides is 2. The van der Waals surface area contributed by atoms with E-state index in [1.165, 1.54) is 9.80 Å². The molecule has 4 rings (SSSR count). The van der Waals surface area contributed by atoms with Crippen LogP contribution in [-0.4, -0.2) is 65.7 Å². The van der Waals surface area contributed by atoms with Gasteiger partial charge in [0.25, 0.3) is 0 Å². The predicted octanol–water partition coefficient (Wildman–Crippen LogP) is 5.14. The van der Waals surface area contributed by atoms with Crippen molar-refractivity contribution in [2.24, 2.45) is 5.92 Å². The number of carbonyl (C=O) groups is 3. The average Bonchev–Trinajstić information content (AvgIpc) is 3.20. The molecule has 2 aromatic carbocycles. The van der Waals surface area contributed by atoms with Gasteiger partial charge in [0.05, 0.1) is 6.42 Å². The molecule has 1 N–H and O–H groups in total. The van der Waals surface area contributed by atoms with Crippen LogP contribution in [0.4, 0.5) is 4.79 Å². The molecule has 0 aliphatic heterocycles. The predicted molar refractivity (Wildman–Crippen MR) is 138 cm³/mol. The number of nitrogens with zero attached hydrogens (tertiary/aromatic N) is 2. The lowest BCUT2D eigenvalue weighted by Gasteiger charge is -2.38. The van der Waals surface area contributed by atoms with Crippen molar-refractivity contribution in [2.45, 2.75) is 63.5 Å². The van der Waals surface area contributed by atoms with E-state index in [-0.39, 0.29) is 30.8 Å². The summed E-state index contributed by atoms with van der Waals surface area (Å²) in [5.74, 6) is -1.22. The maximum Gasteiger partial charge on any atom is 0.410 e. The van der Waals surface area contributed by atoms with E-state index in [0.29, 0.717) is 0 Å². The molecule has 0 aromatic heterocycles. The van der Waals surface area contributed by atoms with Crippen LogP contribution in [-0.2, 0) is 14.3 Å². The van der Waals surface area contributed by atoms with Gasteiger partial charge in [-0.1, -0.05) is 67.8 Å². The van der Waals surface area contributed by atoms with E-state index in [1.807, 2.05) is 24.3 Å². The number of benzene rings is 2. The summed E-state index contributed by atoms with van der Waals surface area (Å²) in [5.41, 5.74) is 4.59. The van der Waals surface area contributed by atoms with E-state index in [1.54, 1.807) is 21.0 Å². The van der Waals surface area contributed by atoms with Gasteiger partial charge in [-0.05, 0) is 47.9 Å². The standard InChI is InChI=1S/C29H36N2O5/c1-19(17-26(32)33)30(2)28(34)27(20-11-5-4-6-12-20)31(3)29(35)36-18-25-23-15-9-7-13-21(23)22-14-8-10-16-24(22)25/h7-10,13-16,19-20,25,27H,4-6,11-12,17-18H2,1-3H3,(H,32,33). The van der Waals surface area contributed by atoms with Crippen LogP contribution in [0, 0.1) is 5.92 Å². The Balaban J connectivity index is 1.50. The van der Waals surface area contributed by atoms with Gasteiger partial charge < -0.3 is 14.7 Å². The van der Waals surface area contributed by atoms with Gasteiger partial charge in [-0.3, -0.25) is 14.5 Å². The Labute approximate surface area is 213 Å². The largest absolute Gasteiger partial charge is 0.481 e. The highest BCUT2D eigenvalue weighted by molar-refractivity contribution is 5.86. The molecular formula is C29H36N2O5. The fourth-order valence-electron chi connectivity index (χ4n) is 5.76. The molecule has 2 amide bonds. The fourth-order valence-corrected chi connectivity index (χ4v) is 5.76. The summed E-state index contributed by atoms with van der Waals surface area (Å²) in [6, 6.07) is 15.2. The van der Waals surface area contributed by atoms with Crippen LogP contribution < -0.4 is 0 Å². The molecule has 2 unspecified atom stereocenters. The number of carboxylic acid groups (broad SMARTS) is 1. The molecule has 1 fully saturated rings. The molecule has 0 heterocycles. The monoisotopic (exact) mass is 492 g/mol. The number of fused-ring (bicyclic) bond motifs is 3. The summed E-state index contributed by atoms with van der Waals surface area (Å²) in [6.07, 6.45) is 4.20. The zero-order chi connectivity index (χ0) is 25.8. The summed E-state index contributed by atoms with van der Waals surface area (Å²) in [5, 5.41) is 9.19. The Hall–Kier alpha value is -3.35. The number of carbonyl (C=O) groups excluding carboxylic acids is 2. The summed E-state index contributed by atoms with van der Waals surface area (Å²) in [6.45, 7) is 1.91. The van der Waals surface area contributed by atoms with Crippen molar-refractivity contribution in [2.75, 3.05) is 20.7 Å². The van der Waals surface area contributed by atoms with Gasteiger partial charge in [0.2, 0.25) is 5.91 Å². The van der Waals surface area contributed by atoms with E-state index in [0.717, 1.165) is 54.4 Å². The van der Waals surface area contributed by atoms with Crippen LogP contribution in [0.25, 0.3) is 11.1 Å². The van der Waals surface area contributed by atoms with Crippen LogP contribution in [0.2, 0.25) is 0 Å². The lowest BCUT2D eigenvalue weighted by atomic mass is 9.82. The first kappa shape index (κ1) is 25.7. The number of hydrogen-bond acceptors (Lipinski definition) is 4. The van der Waals surface area contributed by atoms with Gasteiger partial charge in [0.1, 0.15) is 12.6 Å². The van der Waals surface area contributed by atoms with Gasteiger partial charge in [0.15, 0.2) is 0 Å². The van der Waals surface area contributed by atoms with Crippen LogP contribution in [0.1, 0.15) is 62.5 Å². The summed E-state index contributed by atoms with van der Waals surface area (Å²) < 4.78 is 5.85. The quantitative estimate of drug-likeness (QED) is 0.552. The second kappa shape index (κ2) is 11.1. The van der Waals surface area contributed by atoms with Crippen LogP contribution >= 0.6 is 0 Å². The first-order valence-corrected chi connectivity index (χ1v) is 12.9. The molecule has 2 aromatic rings. The smallest absolute Gasteiger partial charge is 0.410 e. The molecule has 7 heteroatoms. The minimum atomic E-state index is -0.957. The van der Waals surface area contributed by atoms with Gasteiger partial charge in [-0.25, -0.2) is 4.79 Å². The molecule has 2 atom stereocenters. The molecule has 36 heavy (non-hydrogen) atoms. The van der Waals surface area contributed by atoms with Gasteiger partial charge in [0, 0.05) is 26.1 Å². The van der Waals surface area contributed by atoms with Crippen molar-refractivity contribution in [1.29, 1.82) is 0 Å². The molecule has 0 saturated heterocycles. The van der Waals surface area contributed by atoms with Crippen LogP contribution in [0.5, 0.6) is 0 Å². The first-order chi connectivity index (χ1) is 17.3. The maximum atomic E-state index is 13.6. The minimum absolute atomic E-state index is 0.0243. The second-order valence-electron chi connectivity index (χ2n) is 10.2. The lowest BCUT2D eigenvalue weighted by molar-refractivity contribution is -0.142. The third-order valence-electron chi connectivity index (χ3n) is 7.87. The summed E-state index contributed by atoms with van der Waals surface area (Å²) in [7, 11) is 3.25. The molecular weight excluding hydrogens is 456 g/mol. The number of rotatable bonds is 8. The molecule has 0 bridgehead atoms. The Bertz CT molecular complexity index is 1060. The topological polar surface area (TPSA) is 87.2 Å². The van der Waals surface area contributed by atoms with Gasteiger partial charge >= 0.3 is 12.1 Å². The van der Waals surface area contributed by atoms with Gasteiger partial charge in [-0.2, -0.15) is 0 Å². The van der Waals surface area contributed by atoms with Crippen molar-refractivity contribution < 1.29 is 24.2 Å². The van der Waals surface area contributed by atoms with E-state index in [9.17, 15) is 19.5 Å². The fraction of sp³-hybridized carbons (Fsp3) is 0.483. The van der Waals surface area contributed by atoms with Crippen molar-refractivity contribution in [3.63, 3.8) is 0 Å². The maximum absolute atomic E-state index is 13.6. The number of hydrogen-bond donors (Lipinski definition) is 1. The number of likely N-dealkylation sites (N-methyl/N-ethyl adjacent to an activating group) is 2. The highest BCUT2D eigenvalue weighted by Gasteiger charge is 2.39. The SMILES string of the molecule is CC(CC(=O)O)N(C)C(=O)C(C1CCCCC1)N(C)C(=O)OCC1c2ccccc2-c2ccccc21. The normalized spacial score (nSPS) is 17.0. The minimum Gasteiger partial charge on any atom is -0.481 e. The van der Waals surface area contributed by atoms with Crippen molar-refractivity contribution in [1.82, 2.24) is 9.80 Å². The van der Waals surface area contributed by atoms with E-state index in [2.05, 4.69) is 24.3 Å². The Kier molecular flexibility index (Phi) is 7.97. The molecule has 192 valence electrons. The third kappa shape index (κ3) is 5.25. The number of aliphatic carboxylic acids is 1. The molecule has 7 nitrogen and oxygen atoms in total. The second-order valence-corrected chi connectivity index (χ2v) is 10.2. The Morgan fingerprint density at radius 2 is 1.47 bits per heavy atom. The van der Waals surface area contributed by atoms with Crippen molar-refractivity contribution in [3.05, 3.63) is 59.7 Å². The highest BCUT2D eigenvalue weighted by atomic mass is 16.6. The zero-order valence-corrected chi connectivity index (χ0v) is 21.4. The Morgan fingerprint density at radius 1 is 0.917 bits per heavy atom. The van der Waals surface area contributed by atoms with Crippen molar-refractivity contribution in [3.8, 4) is 11.1 Å². The van der Waals surface area contributed by atoms with Gasteiger partial charge in [-0.15, -0.1) is 0 Å². The van der Waals surface area contributed by atoms with E-state index < -0.39 is 24.1 Å². The molecule has 0 radical (unpaired) electrons. The molecule has 1 saturated carbocycles. The molecule has 2 aliphatic rings. The summed E-state index contributed by atoms with van der Waals surface area (Å²) in [4.78, 5) is 41.0. The van der Waals surface area contributed by atoms with E-state index >= 15 is 0 Å². The average molecular weight is 493 g/mol. The lowest BCUT2D eigenvalue weighted by Crippen LogP contribution is -2.54. The van der Waals surface area contributed by atoms with Crippen molar-refractivity contribution >= 4 is 18.0 Å². The molecule has 2 aliphatic carbocycles. The third-order valence-corrected chi connectivity index (χ3v) is 7.87. The number of ether oxygens (including phenoxy) is 1. The number of carboxylic acids is 1. The van der Waals surface area contributed by atoms with Crippen LogP contribution in [0.15, 0.2) is 48.5 Å². The highest BCUT2D eigenvalue weighted by Crippen LogP contribution is 2.44. The summed E-state index contributed by atoms with van der Waals surface area (Å²) >= 11 is 0. The van der Waals surface area contributed by atoms with Crippen LogP contribution in [0.3, 0.4) is 0 Å².